The maximum Gasteiger partial charge on any atom is 0.573 e. The SMILES string of the molecule is O=C(C[C@@H](Cc1ccccc1)N1Cc2ccccc2C1=O)Nc1ccccc1OC(F)(F)F. The molecule has 0 radical (unpaired) electrons. The van der Waals surface area contributed by atoms with E-state index in [9.17, 15) is 22.8 Å². The molecule has 0 saturated heterocycles. The zero-order valence-electron chi connectivity index (χ0n) is 17.5. The van der Waals surface area contributed by atoms with Gasteiger partial charge in [0.05, 0.1) is 5.69 Å². The van der Waals surface area contributed by atoms with Crippen LogP contribution < -0.4 is 10.1 Å². The summed E-state index contributed by atoms with van der Waals surface area (Å²) < 4.78 is 42.1. The lowest BCUT2D eigenvalue weighted by Crippen LogP contribution is -2.39. The maximum absolute atomic E-state index is 13.0. The van der Waals surface area contributed by atoms with E-state index in [1.165, 1.54) is 18.2 Å². The number of hydrogen-bond donors (Lipinski definition) is 1. The highest BCUT2D eigenvalue weighted by Gasteiger charge is 2.34. The lowest BCUT2D eigenvalue weighted by atomic mass is 10.0. The lowest BCUT2D eigenvalue weighted by Gasteiger charge is -2.28. The number of fused-ring (bicyclic) bond motifs is 1. The highest BCUT2D eigenvalue weighted by molar-refractivity contribution is 5.99. The second-order valence-corrected chi connectivity index (χ2v) is 7.73. The number of alkyl halides is 3. The average molecular weight is 454 g/mol. The first-order valence-electron chi connectivity index (χ1n) is 10.4. The van der Waals surface area contributed by atoms with Crippen molar-refractivity contribution < 1.29 is 27.5 Å². The minimum atomic E-state index is -4.88. The van der Waals surface area contributed by atoms with Crippen molar-refractivity contribution in [1.82, 2.24) is 4.90 Å². The van der Waals surface area contributed by atoms with Crippen molar-refractivity contribution >= 4 is 17.5 Å². The molecule has 1 N–H and O–H groups in total. The standard InChI is InChI=1S/C25H21F3N2O3/c26-25(27,28)33-22-13-7-6-12-21(22)29-23(31)15-19(14-17-8-2-1-3-9-17)30-16-18-10-4-5-11-20(18)24(30)32/h1-13,19H,14-16H2,(H,29,31)/t19-/m1/s1. The third kappa shape index (κ3) is 5.52. The van der Waals surface area contributed by atoms with Gasteiger partial charge in [-0.05, 0) is 35.7 Å². The van der Waals surface area contributed by atoms with Gasteiger partial charge in [-0.15, -0.1) is 13.2 Å². The Morgan fingerprint density at radius 2 is 1.64 bits per heavy atom. The summed E-state index contributed by atoms with van der Waals surface area (Å²) >= 11 is 0. The Bertz CT molecular complexity index is 1150. The fraction of sp³-hybridized carbons (Fsp3) is 0.200. The quantitative estimate of drug-likeness (QED) is 0.535. The van der Waals surface area contributed by atoms with Crippen LogP contribution in [0, 0.1) is 0 Å². The smallest absolute Gasteiger partial charge is 0.404 e. The van der Waals surface area contributed by atoms with E-state index in [-0.39, 0.29) is 18.0 Å². The van der Waals surface area contributed by atoms with Gasteiger partial charge in [0.25, 0.3) is 5.91 Å². The summed E-state index contributed by atoms with van der Waals surface area (Å²) in [7, 11) is 0. The lowest BCUT2D eigenvalue weighted by molar-refractivity contribution is -0.274. The molecule has 5 nitrogen and oxygen atoms in total. The van der Waals surface area contributed by atoms with Gasteiger partial charge in [-0.3, -0.25) is 9.59 Å². The highest BCUT2D eigenvalue weighted by Crippen LogP contribution is 2.31. The number of para-hydroxylation sites is 2. The largest absolute Gasteiger partial charge is 0.573 e. The van der Waals surface area contributed by atoms with Crippen LogP contribution in [0.2, 0.25) is 0 Å². The summed E-state index contributed by atoms with van der Waals surface area (Å²) in [6.45, 7) is 0.369. The van der Waals surface area contributed by atoms with E-state index < -0.39 is 24.1 Å². The molecule has 33 heavy (non-hydrogen) atoms. The number of halogens is 3. The maximum atomic E-state index is 13.0. The summed E-state index contributed by atoms with van der Waals surface area (Å²) in [6, 6.07) is 21.6. The van der Waals surface area contributed by atoms with Gasteiger partial charge in [0.1, 0.15) is 0 Å². The van der Waals surface area contributed by atoms with Gasteiger partial charge in [-0.1, -0.05) is 60.7 Å². The third-order valence-electron chi connectivity index (χ3n) is 5.41. The Kier molecular flexibility index (Phi) is 6.35. The molecular formula is C25H21F3N2O3. The third-order valence-corrected chi connectivity index (χ3v) is 5.41. The van der Waals surface area contributed by atoms with Gasteiger partial charge < -0.3 is 15.0 Å². The summed E-state index contributed by atoms with van der Waals surface area (Å²) in [4.78, 5) is 27.6. The zero-order chi connectivity index (χ0) is 23.4. The number of nitrogens with zero attached hydrogens (tertiary/aromatic N) is 1. The van der Waals surface area contributed by atoms with Crippen LogP contribution in [-0.4, -0.2) is 29.1 Å². The van der Waals surface area contributed by atoms with Crippen LogP contribution in [0.3, 0.4) is 0 Å². The Hall–Kier alpha value is -3.81. The molecule has 0 spiro atoms. The van der Waals surface area contributed by atoms with Gasteiger partial charge in [0, 0.05) is 24.6 Å². The summed E-state index contributed by atoms with van der Waals surface area (Å²) in [5, 5.41) is 2.51. The molecular weight excluding hydrogens is 433 g/mol. The van der Waals surface area contributed by atoms with Gasteiger partial charge in [0.2, 0.25) is 5.91 Å². The minimum Gasteiger partial charge on any atom is -0.404 e. The normalized spacial score (nSPS) is 14.0. The second kappa shape index (κ2) is 9.36. The van der Waals surface area contributed by atoms with E-state index in [4.69, 9.17) is 0 Å². The number of hydrogen-bond acceptors (Lipinski definition) is 3. The number of benzene rings is 3. The van der Waals surface area contributed by atoms with Crippen molar-refractivity contribution in [1.29, 1.82) is 0 Å². The Morgan fingerprint density at radius 1 is 0.970 bits per heavy atom. The molecule has 0 fully saturated rings. The Labute approximate surface area is 188 Å². The van der Waals surface area contributed by atoms with Crippen LogP contribution in [0.15, 0.2) is 78.9 Å². The van der Waals surface area contributed by atoms with Crippen molar-refractivity contribution in [2.75, 3.05) is 5.32 Å². The van der Waals surface area contributed by atoms with Crippen LogP contribution >= 0.6 is 0 Å². The van der Waals surface area contributed by atoms with Crippen LogP contribution in [0.4, 0.5) is 18.9 Å². The first-order valence-corrected chi connectivity index (χ1v) is 10.4. The molecule has 2 amide bonds. The molecule has 1 atom stereocenters. The molecule has 0 bridgehead atoms. The van der Waals surface area contributed by atoms with E-state index in [0.29, 0.717) is 18.5 Å². The van der Waals surface area contributed by atoms with Crippen molar-refractivity contribution in [3.8, 4) is 5.75 Å². The van der Waals surface area contributed by atoms with Gasteiger partial charge >= 0.3 is 6.36 Å². The first kappa shape index (κ1) is 22.4. The van der Waals surface area contributed by atoms with Gasteiger partial charge in [-0.2, -0.15) is 0 Å². The van der Waals surface area contributed by atoms with Crippen molar-refractivity contribution in [2.45, 2.75) is 31.8 Å². The predicted molar refractivity (Wildman–Crippen MR) is 117 cm³/mol. The first-order chi connectivity index (χ1) is 15.8. The summed E-state index contributed by atoms with van der Waals surface area (Å²) in [5.74, 6) is -1.18. The molecule has 0 aliphatic carbocycles. The van der Waals surface area contributed by atoms with Crippen LogP contribution in [0.5, 0.6) is 5.75 Å². The van der Waals surface area contributed by atoms with Crippen LogP contribution in [-0.2, 0) is 17.8 Å². The molecule has 0 unspecified atom stereocenters. The average Bonchev–Trinajstić information content (AvgIpc) is 3.11. The molecule has 8 heteroatoms. The minimum absolute atomic E-state index is 0.0883. The fourth-order valence-electron chi connectivity index (χ4n) is 3.95. The van der Waals surface area contributed by atoms with Crippen molar-refractivity contribution in [2.24, 2.45) is 0 Å². The number of rotatable bonds is 7. The van der Waals surface area contributed by atoms with E-state index >= 15 is 0 Å². The van der Waals surface area contributed by atoms with E-state index in [1.54, 1.807) is 17.0 Å². The van der Waals surface area contributed by atoms with Crippen molar-refractivity contribution in [3.05, 3.63) is 95.6 Å². The number of anilines is 1. The Balaban J connectivity index is 1.54. The molecule has 170 valence electrons. The van der Waals surface area contributed by atoms with Crippen LogP contribution in [0.25, 0.3) is 0 Å². The highest BCUT2D eigenvalue weighted by atomic mass is 19.4. The summed E-state index contributed by atoms with van der Waals surface area (Å²) in [6.07, 6.45) is -4.55. The molecule has 4 rings (SSSR count). The second-order valence-electron chi connectivity index (χ2n) is 7.73. The number of ether oxygens (including phenoxy) is 1. The van der Waals surface area contributed by atoms with E-state index in [2.05, 4.69) is 10.1 Å². The number of amides is 2. The van der Waals surface area contributed by atoms with Crippen LogP contribution in [0.1, 0.15) is 27.9 Å². The number of carbonyl (C=O) groups excluding carboxylic acids is 2. The Morgan fingerprint density at radius 3 is 2.36 bits per heavy atom. The molecule has 3 aromatic rings. The fourth-order valence-corrected chi connectivity index (χ4v) is 3.95. The van der Waals surface area contributed by atoms with E-state index in [0.717, 1.165) is 17.2 Å². The monoisotopic (exact) mass is 454 g/mol. The van der Waals surface area contributed by atoms with Gasteiger partial charge in [-0.25, -0.2) is 0 Å². The summed E-state index contributed by atoms with van der Waals surface area (Å²) in [5.41, 5.74) is 2.33. The molecule has 1 aliphatic rings. The number of carbonyl (C=O) groups is 2. The molecule has 0 saturated carbocycles. The van der Waals surface area contributed by atoms with Crippen molar-refractivity contribution in [3.63, 3.8) is 0 Å². The molecule has 3 aromatic carbocycles. The molecule has 1 heterocycles. The van der Waals surface area contributed by atoms with Gasteiger partial charge in [0.15, 0.2) is 5.75 Å². The zero-order valence-corrected chi connectivity index (χ0v) is 17.5. The number of nitrogens with one attached hydrogen (secondary N) is 1. The predicted octanol–water partition coefficient (Wildman–Crippen LogP) is 5.18. The topological polar surface area (TPSA) is 58.6 Å². The molecule has 1 aliphatic heterocycles. The van der Waals surface area contributed by atoms with E-state index in [1.807, 2.05) is 42.5 Å². The molecule has 0 aromatic heterocycles.